The topological polar surface area (TPSA) is 60.2 Å². The van der Waals surface area contributed by atoms with E-state index in [-0.39, 0.29) is 28.6 Å². The summed E-state index contributed by atoms with van der Waals surface area (Å²) in [6, 6.07) is 13.3. The van der Waals surface area contributed by atoms with Crippen molar-refractivity contribution in [3.63, 3.8) is 0 Å². The number of sulfone groups is 1. The third kappa shape index (κ3) is 5.04. The molecule has 3 aromatic rings. The molecule has 0 bridgehead atoms. The van der Waals surface area contributed by atoms with Crippen molar-refractivity contribution >= 4 is 9.84 Å². The van der Waals surface area contributed by atoms with E-state index in [0.717, 1.165) is 11.1 Å². The quantitative estimate of drug-likeness (QED) is 0.625. The van der Waals surface area contributed by atoms with Crippen LogP contribution in [0.1, 0.15) is 37.6 Å². The SMILES string of the molecule is CC(C)(C)c1ccc(CS(=O)(=O)Cc2coc(-c3ccc(F)cc3)n2)cc1. The minimum absolute atomic E-state index is 0.0227. The number of nitrogens with zero attached hydrogens (tertiary/aromatic N) is 1. The first-order valence-corrected chi connectivity index (χ1v) is 10.4. The summed E-state index contributed by atoms with van der Waals surface area (Å²) in [5.41, 5.74) is 2.85. The van der Waals surface area contributed by atoms with Crippen molar-refractivity contribution in [3.05, 3.63) is 77.4 Å². The third-order valence-electron chi connectivity index (χ3n) is 4.22. The van der Waals surface area contributed by atoms with Crippen molar-refractivity contribution in [1.82, 2.24) is 4.98 Å². The van der Waals surface area contributed by atoms with Gasteiger partial charge in [-0.2, -0.15) is 0 Å². The van der Waals surface area contributed by atoms with Crippen molar-refractivity contribution in [1.29, 1.82) is 0 Å². The maximum absolute atomic E-state index is 13.0. The van der Waals surface area contributed by atoms with E-state index in [1.807, 2.05) is 24.3 Å². The molecule has 0 aliphatic carbocycles. The van der Waals surface area contributed by atoms with E-state index in [2.05, 4.69) is 25.8 Å². The van der Waals surface area contributed by atoms with Gasteiger partial charge < -0.3 is 4.42 Å². The molecule has 0 saturated carbocycles. The number of rotatable bonds is 5. The Hall–Kier alpha value is -2.47. The summed E-state index contributed by atoms with van der Waals surface area (Å²) in [6.45, 7) is 6.34. The molecule has 0 aliphatic heterocycles. The van der Waals surface area contributed by atoms with Gasteiger partial charge >= 0.3 is 0 Å². The summed E-state index contributed by atoms with van der Waals surface area (Å²) in [5, 5.41) is 0. The minimum Gasteiger partial charge on any atom is -0.444 e. The molecule has 0 aliphatic rings. The predicted octanol–water partition coefficient (Wildman–Crippen LogP) is 4.89. The van der Waals surface area contributed by atoms with E-state index in [9.17, 15) is 12.8 Å². The van der Waals surface area contributed by atoms with Crippen molar-refractivity contribution in [2.45, 2.75) is 37.7 Å². The fourth-order valence-corrected chi connectivity index (χ4v) is 4.12. The van der Waals surface area contributed by atoms with Crippen LogP contribution in [0.2, 0.25) is 0 Å². The minimum atomic E-state index is -3.39. The summed E-state index contributed by atoms with van der Waals surface area (Å²) in [6.07, 6.45) is 1.33. The normalized spacial score (nSPS) is 12.3. The number of halogens is 1. The Morgan fingerprint density at radius 2 is 1.59 bits per heavy atom. The van der Waals surface area contributed by atoms with Crippen LogP contribution in [0.3, 0.4) is 0 Å². The van der Waals surface area contributed by atoms with Crippen LogP contribution in [0.25, 0.3) is 11.5 Å². The lowest BCUT2D eigenvalue weighted by molar-refractivity contribution is 0.571. The van der Waals surface area contributed by atoms with Crippen molar-refractivity contribution < 1.29 is 17.2 Å². The van der Waals surface area contributed by atoms with Crippen LogP contribution in [0.15, 0.2) is 59.2 Å². The van der Waals surface area contributed by atoms with Gasteiger partial charge in [-0.15, -0.1) is 0 Å². The summed E-state index contributed by atoms with van der Waals surface area (Å²) < 4.78 is 43.4. The van der Waals surface area contributed by atoms with Crippen molar-refractivity contribution in [2.24, 2.45) is 0 Å². The molecule has 2 aromatic carbocycles. The molecular weight excluding hydrogens is 365 g/mol. The molecule has 0 spiro atoms. The van der Waals surface area contributed by atoms with Crippen LogP contribution < -0.4 is 0 Å². The Balaban J connectivity index is 1.70. The molecule has 3 rings (SSSR count). The highest BCUT2D eigenvalue weighted by Gasteiger charge is 2.18. The maximum Gasteiger partial charge on any atom is 0.226 e. The Morgan fingerprint density at radius 1 is 0.963 bits per heavy atom. The van der Waals surface area contributed by atoms with E-state index in [1.165, 1.54) is 30.5 Å². The number of benzene rings is 2. The summed E-state index contributed by atoms with van der Waals surface area (Å²) in [7, 11) is -3.39. The first-order chi connectivity index (χ1) is 12.6. The van der Waals surface area contributed by atoms with Gasteiger partial charge in [-0.3, -0.25) is 0 Å². The third-order valence-corrected chi connectivity index (χ3v) is 5.73. The fraction of sp³-hybridized carbons (Fsp3) is 0.286. The highest BCUT2D eigenvalue weighted by Crippen LogP contribution is 2.24. The standard InChI is InChI=1S/C21H22FNO3S/c1-21(2,3)17-8-4-15(5-9-17)13-27(24,25)14-19-12-26-20(23-19)16-6-10-18(22)11-7-16/h4-12H,13-14H2,1-3H3. The molecule has 142 valence electrons. The van der Waals surface area contributed by atoms with Gasteiger partial charge in [0.25, 0.3) is 0 Å². The number of hydrogen-bond donors (Lipinski definition) is 0. The van der Waals surface area contributed by atoms with Crippen LogP contribution in [0.5, 0.6) is 0 Å². The summed E-state index contributed by atoms with van der Waals surface area (Å²) in [5.74, 6) is -0.352. The molecular formula is C21H22FNO3S. The van der Waals surface area contributed by atoms with Crippen molar-refractivity contribution in [3.8, 4) is 11.5 Å². The summed E-state index contributed by atoms with van der Waals surface area (Å²) in [4.78, 5) is 4.22. The van der Waals surface area contributed by atoms with E-state index in [0.29, 0.717) is 11.3 Å². The van der Waals surface area contributed by atoms with Gasteiger partial charge in [0.05, 0.1) is 17.2 Å². The molecule has 0 saturated heterocycles. The highest BCUT2D eigenvalue weighted by atomic mass is 32.2. The van der Waals surface area contributed by atoms with E-state index in [4.69, 9.17) is 4.42 Å². The number of hydrogen-bond acceptors (Lipinski definition) is 4. The molecule has 0 unspecified atom stereocenters. The van der Waals surface area contributed by atoms with Gasteiger partial charge in [0, 0.05) is 5.56 Å². The number of aromatic nitrogens is 1. The van der Waals surface area contributed by atoms with Gasteiger partial charge in [0.2, 0.25) is 5.89 Å². The van der Waals surface area contributed by atoms with E-state index >= 15 is 0 Å². The zero-order valence-electron chi connectivity index (χ0n) is 15.6. The van der Waals surface area contributed by atoms with E-state index < -0.39 is 9.84 Å². The Morgan fingerprint density at radius 3 is 2.19 bits per heavy atom. The second-order valence-corrected chi connectivity index (χ2v) is 9.69. The summed E-state index contributed by atoms with van der Waals surface area (Å²) >= 11 is 0. The molecule has 6 heteroatoms. The fourth-order valence-electron chi connectivity index (χ4n) is 2.73. The number of oxazole rings is 1. The highest BCUT2D eigenvalue weighted by molar-refractivity contribution is 7.89. The molecule has 0 amide bonds. The Labute approximate surface area is 159 Å². The second-order valence-electron chi connectivity index (χ2n) is 7.63. The Bertz CT molecular complexity index is 1010. The van der Waals surface area contributed by atoms with Gasteiger partial charge in [0.15, 0.2) is 9.84 Å². The lowest BCUT2D eigenvalue weighted by atomic mass is 9.87. The van der Waals surface area contributed by atoms with Crippen LogP contribution in [-0.2, 0) is 26.8 Å². The lowest BCUT2D eigenvalue weighted by Crippen LogP contribution is -2.11. The van der Waals surface area contributed by atoms with Crippen LogP contribution in [-0.4, -0.2) is 13.4 Å². The molecule has 0 fully saturated rings. The molecule has 0 atom stereocenters. The van der Waals surface area contributed by atoms with Gasteiger partial charge in [-0.25, -0.2) is 17.8 Å². The maximum atomic E-state index is 13.0. The molecule has 4 nitrogen and oxygen atoms in total. The molecule has 1 heterocycles. The molecule has 0 N–H and O–H groups in total. The molecule has 0 radical (unpaired) electrons. The zero-order chi connectivity index (χ0) is 19.7. The largest absolute Gasteiger partial charge is 0.444 e. The molecule has 27 heavy (non-hydrogen) atoms. The average Bonchev–Trinajstić information content (AvgIpc) is 3.02. The molecule has 1 aromatic heterocycles. The first kappa shape index (κ1) is 19.3. The van der Waals surface area contributed by atoms with E-state index in [1.54, 1.807) is 0 Å². The average molecular weight is 387 g/mol. The van der Waals surface area contributed by atoms with Gasteiger partial charge in [0.1, 0.15) is 12.1 Å². The second kappa shape index (κ2) is 7.27. The van der Waals surface area contributed by atoms with Crippen molar-refractivity contribution in [2.75, 3.05) is 0 Å². The van der Waals surface area contributed by atoms with Crippen LogP contribution in [0.4, 0.5) is 4.39 Å². The zero-order valence-corrected chi connectivity index (χ0v) is 16.4. The Kier molecular flexibility index (Phi) is 5.20. The van der Waals surface area contributed by atoms with Gasteiger partial charge in [-0.1, -0.05) is 45.0 Å². The van der Waals surface area contributed by atoms with Crippen LogP contribution >= 0.6 is 0 Å². The van der Waals surface area contributed by atoms with Gasteiger partial charge in [-0.05, 0) is 40.8 Å². The first-order valence-electron chi connectivity index (χ1n) is 8.63. The smallest absolute Gasteiger partial charge is 0.226 e. The predicted molar refractivity (Wildman–Crippen MR) is 103 cm³/mol. The lowest BCUT2D eigenvalue weighted by Gasteiger charge is -2.19. The van der Waals surface area contributed by atoms with Crippen LogP contribution in [0, 0.1) is 5.82 Å². The monoisotopic (exact) mass is 387 g/mol.